The van der Waals surface area contributed by atoms with Gasteiger partial charge in [-0.05, 0) is 19.3 Å². The zero-order chi connectivity index (χ0) is 10.4. The third-order valence-corrected chi connectivity index (χ3v) is 2.43. The van der Waals surface area contributed by atoms with Crippen molar-refractivity contribution in [3.05, 3.63) is 12.2 Å². The Bertz CT molecular complexity index is 216. The van der Waals surface area contributed by atoms with Gasteiger partial charge in [0.05, 0.1) is 13.2 Å². The van der Waals surface area contributed by atoms with Gasteiger partial charge in [0.15, 0.2) is 0 Å². The van der Waals surface area contributed by atoms with E-state index in [2.05, 4.69) is 16.1 Å². The number of ether oxygens (including phenoxy) is 1. The van der Waals surface area contributed by atoms with Crippen LogP contribution in [-0.2, 0) is 4.74 Å². The van der Waals surface area contributed by atoms with Crippen LogP contribution in [0, 0.1) is 0 Å². The molecule has 0 aliphatic heterocycles. The zero-order valence-corrected chi connectivity index (χ0v) is 8.53. The van der Waals surface area contributed by atoms with Crippen molar-refractivity contribution in [2.45, 2.75) is 37.8 Å². The lowest BCUT2D eigenvalue weighted by atomic mass is 9.98. The van der Waals surface area contributed by atoms with Crippen LogP contribution in [0.25, 0.3) is 0 Å². The van der Waals surface area contributed by atoms with Crippen molar-refractivity contribution in [2.24, 2.45) is 5.73 Å². The smallest absolute Gasteiger partial charge is 0.407 e. The van der Waals surface area contributed by atoms with Gasteiger partial charge in [0.2, 0.25) is 0 Å². The molecule has 1 aliphatic rings. The molecule has 0 saturated heterocycles. The van der Waals surface area contributed by atoms with Crippen molar-refractivity contribution in [2.75, 3.05) is 7.11 Å². The molecule has 0 bridgehead atoms. The maximum Gasteiger partial charge on any atom is 0.407 e. The van der Waals surface area contributed by atoms with Crippen LogP contribution in [0.4, 0.5) is 4.79 Å². The van der Waals surface area contributed by atoms with E-state index in [-0.39, 0.29) is 12.1 Å². The fourth-order valence-electron chi connectivity index (χ4n) is 1.56. The van der Waals surface area contributed by atoms with Crippen LogP contribution in [-0.4, -0.2) is 25.3 Å². The second-order valence-corrected chi connectivity index (χ2v) is 3.54. The largest absolute Gasteiger partial charge is 0.453 e. The Morgan fingerprint density at radius 3 is 3.07 bits per heavy atom. The van der Waals surface area contributed by atoms with E-state index in [0.717, 1.165) is 19.3 Å². The first-order chi connectivity index (χ1) is 6.74. The van der Waals surface area contributed by atoms with Gasteiger partial charge >= 0.3 is 6.09 Å². The minimum atomic E-state index is -0.421. The van der Waals surface area contributed by atoms with E-state index in [1.807, 2.05) is 6.08 Å². The van der Waals surface area contributed by atoms with Crippen LogP contribution in [0.15, 0.2) is 12.2 Å². The summed E-state index contributed by atoms with van der Waals surface area (Å²) in [5.41, 5.74) is 5.93. The lowest BCUT2D eigenvalue weighted by Crippen LogP contribution is -2.46. The van der Waals surface area contributed by atoms with Gasteiger partial charge in [0.1, 0.15) is 0 Å². The van der Waals surface area contributed by atoms with E-state index >= 15 is 0 Å². The molecular formula is C10H18N2O2. The van der Waals surface area contributed by atoms with Gasteiger partial charge in [-0.1, -0.05) is 18.6 Å². The molecule has 1 rings (SSSR count). The Balaban J connectivity index is 2.52. The highest BCUT2D eigenvalue weighted by molar-refractivity contribution is 5.67. The fourth-order valence-corrected chi connectivity index (χ4v) is 1.56. The molecule has 0 heterocycles. The van der Waals surface area contributed by atoms with E-state index < -0.39 is 6.09 Å². The zero-order valence-electron chi connectivity index (χ0n) is 8.53. The van der Waals surface area contributed by atoms with Gasteiger partial charge in [-0.2, -0.15) is 0 Å². The molecular weight excluding hydrogens is 180 g/mol. The Morgan fingerprint density at radius 1 is 1.57 bits per heavy atom. The average molecular weight is 198 g/mol. The molecule has 0 fully saturated rings. The van der Waals surface area contributed by atoms with Crippen molar-refractivity contribution in [1.82, 2.24) is 5.32 Å². The number of hydrogen-bond donors (Lipinski definition) is 2. The summed E-state index contributed by atoms with van der Waals surface area (Å²) in [6.07, 6.45) is 7.90. The van der Waals surface area contributed by atoms with E-state index in [1.54, 1.807) is 0 Å². The molecule has 0 spiro atoms. The standard InChI is InChI=1S/C10H18N2O2/c1-14-10(13)12-9-7-5-3-2-4-6-8(9)11/h5,7-9H,2-4,6,11H2,1H3,(H,12,13)/b7-5+/t8-,9+/m1/s1. The molecule has 14 heavy (non-hydrogen) atoms. The summed E-state index contributed by atoms with van der Waals surface area (Å²) >= 11 is 0. The van der Waals surface area contributed by atoms with Gasteiger partial charge in [-0.25, -0.2) is 4.79 Å². The predicted molar refractivity (Wildman–Crippen MR) is 54.9 cm³/mol. The van der Waals surface area contributed by atoms with Gasteiger partial charge in [0, 0.05) is 6.04 Å². The number of hydrogen-bond acceptors (Lipinski definition) is 3. The molecule has 0 radical (unpaired) electrons. The van der Waals surface area contributed by atoms with Crippen LogP contribution < -0.4 is 11.1 Å². The summed E-state index contributed by atoms with van der Waals surface area (Å²) in [5.74, 6) is 0. The summed E-state index contributed by atoms with van der Waals surface area (Å²) < 4.78 is 4.53. The maximum atomic E-state index is 11.0. The summed E-state index contributed by atoms with van der Waals surface area (Å²) in [4.78, 5) is 11.0. The summed E-state index contributed by atoms with van der Waals surface area (Å²) in [7, 11) is 1.35. The van der Waals surface area contributed by atoms with Crippen molar-refractivity contribution >= 4 is 6.09 Å². The van der Waals surface area contributed by atoms with E-state index in [1.165, 1.54) is 13.5 Å². The quantitative estimate of drug-likeness (QED) is 0.621. The third-order valence-electron chi connectivity index (χ3n) is 2.43. The Hall–Kier alpha value is -1.03. The summed E-state index contributed by atoms with van der Waals surface area (Å²) in [6.45, 7) is 0. The number of alkyl carbamates (subject to hydrolysis) is 1. The van der Waals surface area contributed by atoms with Crippen molar-refractivity contribution < 1.29 is 9.53 Å². The first-order valence-electron chi connectivity index (χ1n) is 5.01. The molecule has 3 N–H and O–H groups in total. The number of amides is 1. The minimum Gasteiger partial charge on any atom is -0.453 e. The monoisotopic (exact) mass is 198 g/mol. The fraction of sp³-hybridized carbons (Fsp3) is 0.700. The van der Waals surface area contributed by atoms with Crippen LogP contribution in [0.2, 0.25) is 0 Å². The molecule has 0 aromatic rings. The third kappa shape index (κ3) is 3.38. The number of carbonyl (C=O) groups excluding carboxylic acids is 1. The molecule has 4 nitrogen and oxygen atoms in total. The number of carbonyl (C=O) groups is 1. The molecule has 0 aromatic heterocycles. The van der Waals surface area contributed by atoms with Crippen molar-refractivity contribution in [3.8, 4) is 0 Å². The Labute approximate surface area is 84.5 Å². The molecule has 4 heteroatoms. The molecule has 2 atom stereocenters. The maximum absolute atomic E-state index is 11.0. The first-order valence-corrected chi connectivity index (χ1v) is 5.01. The Kier molecular flexibility index (Phi) is 4.46. The predicted octanol–water partition coefficient (Wildman–Crippen LogP) is 1.17. The second kappa shape index (κ2) is 5.65. The second-order valence-electron chi connectivity index (χ2n) is 3.54. The molecule has 80 valence electrons. The summed E-state index contributed by atoms with van der Waals surface area (Å²) in [5, 5.41) is 2.71. The first kappa shape index (κ1) is 11.0. The van der Waals surface area contributed by atoms with E-state index in [4.69, 9.17) is 5.73 Å². The number of allylic oxidation sites excluding steroid dienone is 1. The van der Waals surface area contributed by atoms with Gasteiger partial charge < -0.3 is 15.8 Å². The van der Waals surface area contributed by atoms with Gasteiger partial charge in [-0.3, -0.25) is 0 Å². The van der Waals surface area contributed by atoms with Crippen LogP contribution >= 0.6 is 0 Å². The lowest BCUT2D eigenvalue weighted by Gasteiger charge is -2.23. The van der Waals surface area contributed by atoms with E-state index in [0.29, 0.717) is 0 Å². The van der Waals surface area contributed by atoms with Crippen molar-refractivity contribution in [3.63, 3.8) is 0 Å². The molecule has 0 saturated carbocycles. The van der Waals surface area contributed by atoms with E-state index in [9.17, 15) is 4.79 Å². The topological polar surface area (TPSA) is 64.3 Å². The Morgan fingerprint density at radius 2 is 2.36 bits per heavy atom. The van der Waals surface area contributed by atoms with Gasteiger partial charge in [-0.15, -0.1) is 0 Å². The molecule has 1 amide bonds. The SMILES string of the molecule is COC(=O)N[C@H]1/C=C/CCCC[C@H]1N. The van der Waals surface area contributed by atoms with Crippen LogP contribution in [0.1, 0.15) is 25.7 Å². The van der Waals surface area contributed by atoms with Crippen molar-refractivity contribution in [1.29, 1.82) is 0 Å². The minimum absolute atomic E-state index is 0.00866. The number of nitrogens with one attached hydrogen (secondary N) is 1. The summed E-state index contributed by atoms with van der Waals surface area (Å²) in [6, 6.07) is -0.103. The number of methoxy groups -OCH3 is 1. The normalized spacial score (nSPS) is 29.9. The molecule has 0 unspecified atom stereocenters. The van der Waals surface area contributed by atoms with Crippen LogP contribution in [0.3, 0.4) is 0 Å². The molecule has 0 aromatic carbocycles. The van der Waals surface area contributed by atoms with Gasteiger partial charge in [0.25, 0.3) is 0 Å². The van der Waals surface area contributed by atoms with Crippen LogP contribution in [0.5, 0.6) is 0 Å². The lowest BCUT2D eigenvalue weighted by molar-refractivity contribution is 0.167. The number of nitrogens with two attached hydrogens (primary N) is 1. The number of rotatable bonds is 1. The highest BCUT2D eigenvalue weighted by Crippen LogP contribution is 2.11. The highest BCUT2D eigenvalue weighted by atomic mass is 16.5. The molecule has 1 aliphatic carbocycles. The highest BCUT2D eigenvalue weighted by Gasteiger charge is 2.18. The average Bonchev–Trinajstić information content (AvgIpc) is 2.17.